The van der Waals surface area contributed by atoms with Crippen LogP contribution in [-0.2, 0) is 0 Å². The maximum Gasteiger partial charge on any atom is 0.0346 e. The predicted molar refractivity (Wildman–Crippen MR) is 55.6 cm³/mol. The second kappa shape index (κ2) is 3.93. The summed E-state index contributed by atoms with van der Waals surface area (Å²) in [6, 6.07) is 11.3. The van der Waals surface area contributed by atoms with Crippen molar-refractivity contribution in [2.45, 2.75) is 25.3 Å². The van der Waals surface area contributed by atoms with E-state index in [2.05, 4.69) is 42.7 Å². The minimum absolute atomic E-state index is 0.579. The van der Waals surface area contributed by atoms with E-state index in [9.17, 15) is 0 Å². The largest absolute Gasteiger partial charge is 0.313 e. The smallest absolute Gasteiger partial charge is 0.0346 e. The van der Waals surface area contributed by atoms with Gasteiger partial charge in [0, 0.05) is 6.04 Å². The summed E-state index contributed by atoms with van der Waals surface area (Å²) in [6.45, 7) is 0. The van der Waals surface area contributed by atoms with E-state index in [1.807, 2.05) is 0 Å². The van der Waals surface area contributed by atoms with Crippen LogP contribution in [-0.4, -0.2) is 7.05 Å². The Labute approximate surface area is 80.2 Å². The average Bonchev–Trinajstić information content (AvgIpc) is 2.12. The zero-order valence-electron chi connectivity index (χ0n) is 8.16. The van der Waals surface area contributed by atoms with E-state index in [0.29, 0.717) is 6.04 Å². The van der Waals surface area contributed by atoms with Crippen LogP contribution in [0.5, 0.6) is 0 Å². The van der Waals surface area contributed by atoms with E-state index in [0.717, 1.165) is 5.92 Å². The molecule has 0 aliphatic heterocycles. The van der Waals surface area contributed by atoms with E-state index < -0.39 is 0 Å². The molecule has 0 unspecified atom stereocenters. The first-order valence-corrected chi connectivity index (χ1v) is 5.14. The van der Waals surface area contributed by atoms with Gasteiger partial charge in [-0.15, -0.1) is 0 Å². The van der Waals surface area contributed by atoms with Gasteiger partial charge in [-0.3, -0.25) is 0 Å². The van der Waals surface area contributed by atoms with Crippen molar-refractivity contribution < 1.29 is 0 Å². The number of nitrogens with one attached hydrogen (secondary N) is 1. The predicted octanol–water partition coefficient (Wildman–Crippen LogP) is 2.75. The topological polar surface area (TPSA) is 12.0 Å². The fourth-order valence-corrected chi connectivity index (χ4v) is 2.11. The number of hydrogen-bond acceptors (Lipinski definition) is 1. The molecule has 1 aliphatic rings. The third-order valence-corrected chi connectivity index (χ3v) is 3.09. The molecule has 0 aromatic heterocycles. The lowest BCUT2D eigenvalue weighted by atomic mass is 9.77. The highest BCUT2D eigenvalue weighted by molar-refractivity contribution is 5.20. The lowest BCUT2D eigenvalue weighted by Gasteiger charge is -2.33. The Bertz CT molecular complexity index is 251. The zero-order chi connectivity index (χ0) is 9.10. The number of hydrogen-bond donors (Lipinski definition) is 1. The van der Waals surface area contributed by atoms with E-state index >= 15 is 0 Å². The van der Waals surface area contributed by atoms with Crippen molar-refractivity contribution >= 4 is 0 Å². The van der Waals surface area contributed by atoms with Crippen molar-refractivity contribution in [2.24, 2.45) is 5.92 Å². The van der Waals surface area contributed by atoms with E-state index in [1.165, 1.54) is 24.8 Å². The van der Waals surface area contributed by atoms with Gasteiger partial charge in [-0.2, -0.15) is 0 Å². The monoisotopic (exact) mass is 175 g/mol. The van der Waals surface area contributed by atoms with Crippen molar-refractivity contribution in [1.82, 2.24) is 5.32 Å². The standard InChI is InChI=1S/C12H17N/c1-13-12(11-8-5-9-11)10-6-3-2-4-7-10/h2-4,6-7,11-13H,5,8-9H2,1H3/t12-/m1/s1. The van der Waals surface area contributed by atoms with Gasteiger partial charge in [0.2, 0.25) is 0 Å². The lowest BCUT2D eigenvalue weighted by molar-refractivity contribution is 0.239. The van der Waals surface area contributed by atoms with Crippen LogP contribution in [0.15, 0.2) is 30.3 Å². The minimum atomic E-state index is 0.579. The van der Waals surface area contributed by atoms with E-state index in [-0.39, 0.29) is 0 Å². The van der Waals surface area contributed by atoms with Crippen LogP contribution in [0.4, 0.5) is 0 Å². The normalized spacial score (nSPS) is 19.5. The molecule has 1 aliphatic carbocycles. The second-order valence-electron chi connectivity index (χ2n) is 3.87. The molecule has 1 heteroatoms. The van der Waals surface area contributed by atoms with Crippen molar-refractivity contribution in [3.63, 3.8) is 0 Å². The molecule has 13 heavy (non-hydrogen) atoms. The first kappa shape index (κ1) is 8.76. The molecule has 0 spiro atoms. The minimum Gasteiger partial charge on any atom is -0.313 e. The molecule has 0 radical (unpaired) electrons. The molecule has 1 atom stereocenters. The Hall–Kier alpha value is -0.820. The third-order valence-electron chi connectivity index (χ3n) is 3.09. The lowest BCUT2D eigenvalue weighted by Crippen LogP contribution is -2.29. The Kier molecular flexibility index (Phi) is 2.65. The second-order valence-corrected chi connectivity index (χ2v) is 3.87. The molecule has 0 amide bonds. The fraction of sp³-hybridized carbons (Fsp3) is 0.500. The number of rotatable bonds is 3. The molecule has 1 fully saturated rings. The number of benzene rings is 1. The van der Waals surface area contributed by atoms with Crippen LogP contribution in [0.25, 0.3) is 0 Å². The highest BCUT2D eigenvalue weighted by Gasteiger charge is 2.26. The van der Waals surface area contributed by atoms with Gasteiger partial charge in [-0.1, -0.05) is 36.8 Å². The Morgan fingerprint density at radius 1 is 1.23 bits per heavy atom. The summed E-state index contributed by atoms with van der Waals surface area (Å²) < 4.78 is 0. The van der Waals surface area contributed by atoms with Gasteiger partial charge >= 0.3 is 0 Å². The average molecular weight is 175 g/mol. The van der Waals surface area contributed by atoms with Crippen LogP contribution in [0.2, 0.25) is 0 Å². The zero-order valence-corrected chi connectivity index (χ0v) is 8.16. The quantitative estimate of drug-likeness (QED) is 0.745. The Morgan fingerprint density at radius 2 is 1.92 bits per heavy atom. The molecule has 1 saturated carbocycles. The van der Waals surface area contributed by atoms with Crippen molar-refractivity contribution in [2.75, 3.05) is 7.05 Å². The molecule has 1 N–H and O–H groups in total. The highest BCUT2D eigenvalue weighted by Crippen LogP contribution is 2.37. The third kappa shape index (κ3) is 1.75. The summed E-state index contributed by atoms with van der Waals surface area (Å²) in [5, 5.41) is 3.42. The summed E-state index contributed by atoms with van der Waals surface area (Å²) in [4.78, 5) is 0. The molecular formula is C12H17N. The van der Waals surface area contributed by atoms with Gasteiger partial charge in [0.25, 0.3) is 0 Å². The van der Waals surface area contributed by atoms with E-state index in [4.69, 9.17) is 0 Å². The van der Waals surface area contributed by atoms with Crippen molar-refractivity contribution in [3.8, 4) is 0 Å². The van der Waals surface area contributed by atoms with Crippen LogP contribution >= 0.6 is 0 Å². The van der Waals surface area contributed by atoms with Crippen molar-refractivity contribution in [3.05, 3.63) is 35.9 Å². The van der Waals surface area contributed by atoms with Crippen LogP contribution < -0.4 is 5.32 Å². The highest BCUT2D eigenvalue weighted by atomic mass is 14.9. The molecular weight excluding hydrogens is 158 g/mol. The first-order valence-electron chi connectivity index (χ1n) is 5.14. The summed E-state index contributed by atoms with van der Waals surface area (Å²) in [6.07, 6.45) is 4.19. The van der Waals surface area contributed by atoms with Gasteiger partial charge in [-0.25, -0.2) is 0 Å². The molecule has 1 aromatic carbocycles. The maximum atomic E-state index is 3.42. The van der Waals surface area contributed by atoms with Gasteiger partial charge < -0.3 is 5.32 Å². The van der Waals surface area contributed by atoms with Crippen LogP contribution in [0.1, 0.15) is 30.9 Å². The van der Waals surface area contributed by atoms with Gasteiger partial charge in [0.15, 0.2) is 0 Å². The van der Waals surface area contributed by atoms with Crippen LogP contribution in [0.3, 0.4) is 0 Å². The molecule has 2 rings (SSSR count). The van der Waals surface area contributed by atoms with Crippen molar-refractivity contribution in [1.29, 1.82) is 0 Å². The summed E-state index contributed by atoms with van der Waals surface area (Å²) in [5.74, 6) is 0.868. The molecule has 1 aromatic rings. The fourth-order valence-electron chi connectivity index (χ4n) is 2.11. The molecule has 0 saturated heterocycles. The summed E-state index contributed by atoms with van der Waals surface area (Å²) in [7, 11) is 2.07. The van der Waals surface area contributed by atoms with E-state index in [1.54, 1.807) is 0 Å². The summed E-state index contributed by atoms with van der Waals surface area (Å²) in [5.41, 5.74) is 1.44. The molecule has 0 heterocycles. The van der Waals surface area contributed by atoms with Gasteiger partial charge in [0.05, 0.1) is 0 Å². The SMILES string of the molecule is CN[C@H](c1ccccc1)C1CCC1. The molecule has 1 nitrogen and oxygen atoms in total. The molecule has 70 valence electrons. The summed E-state index contributed by atoms with van der Waals surface area (Å²) >= 11 is 0. The van der Waals surface area contributed by atoms with Gasteiger partial charge in [-0.05, 0) is 31.4 Å². The Balaban J connectivity index is 2.12. The molecule has 0 bridgehead atoms. The van der Waals surface area contributed by atoms with Gasteiger partial charge in [0.1, 0.15) is 0 Å². The first-order chi connectivity index (χ1) is 6.42. The maximum absolute atomic E-state index is 3.42. The van der Waals surface area contributed by atoms with Crippen LogP contribution in [0, 0.1) is 5.92 Å². The Morgan fingerprint density at radius 3 is 2.38 bits per heavy atom.